The quantitative estimate of drug-likeness (QED) is 0.685. The highest BCUT2D eigenvalue weighted by Gasteiger charge is 2.09. The third kappa shape index (κ3) is 3.21. The monoisotopic (exact) mass is 302 g/mol. The Morgan fingerprint density at radius 2 is 2.19 bits per heavy atom. The van der Waals surface area contributed by atoms with E-state index in [1.807, 2.05) is 0 Å². The van der Waals surface area contributed by atoms with Crippen LogP contribution in [0.2, 0.25) is 5.02 Å². The van der Waals surface area contributed by atoms with E-state index in [4.69, 9.17) is 22.1 Å². The fourth-order valence-corrected chi connectivity index (χ4v) is 1.85. The number of nitrogens with zero attached hydrogens (tertiary/aromatic N) is 3. The Kier molecular flexibility index (Phi) is 3.57. The number of pyridine rings is 1. The zero-order valence-corrected chi connectivity index (χ0v) is 11.5. The molecular formula is C13H11ClN6O. The van der Waals surface area contributed by atoms with Crippen LogP contribution in [-0.2, 0) is 0 Å². The molecule has 2 heterocycles. The van der Waals surface area contributed by atoms with Crippen molar-refractivity contribution in [3.8, 4) is 11.5 Å². The highest BCUT2D eigenvalue weighted by molar-refractivity contribution is 6.31. The van der Waals surface area contributed by atoms with Crippen molar-refractivity contribution < 1.29 is 4.74 Å². The molecular weight excluding hydrogens is 292 g/mol. The lowest BCUT2D eigenvalue weighted by Gasteiger charge is -2.11. The summed E-state index contributed by atoms with van der Waals surface area (Å²) in [4.78, 5) is 7.97. The molecule has 3 rings (SSSR count). The molecule has 0 bridgehead atoms. The van der Waals surface area contributed by atoms with Gasteiger partial charge in [0.1, 0.15) is 5.75 Å². The lowest BCUT2D eigenvalue weighted by molar-refractivity contribution is 0.482. The number of benzene rings is 1. The second-order valence-electron chi connectivity index (χ2n) is 4.10. The van der Waals surface area contributed by atoms with E-state index in [1.165, 1.54) is 0 Å². The molecule has 0 spiro atoms. The zero-order chi connectivity index (χ0) is 14.7. The fourth-order valence-electron chi connectivity index (χ4n) is 1.67. The number of H-pyrrole nitrogens is 1. The Morgan fingerprint density at radius 3 is 2.90 bits per heavy atom. The summed E-state index contributed by atoms with van der Waals surface area (Å²) in [5, 5.41) is 9.99. The maximum absolute atomic E-state index is 6.01. The molecule has 0 aliphatic rings. The van der Waals surface area contributed by atoms with Gasteiger partial charge in [0.25, 0.3) is 0 Å². The summed E-state index contributed by atoms with van der Waals surface area (Å²) < 4.78 is 5.76. The average Bonchev–Trinajstić information content (AvgIpc) is 2.88. The van der Waals surface area contributed by atoms with Crippen molar-refractivity contribution in [1.82, 2.24) is 20.2 Å². The third-order valence-electron chi connectivity index (χ3n) is 2.55. The summed E-state index contributed by atoms with van der Waals surface area (Å²) >= 11 is 6.01. The van der Waals surface area contributed by atoms with Gasteiger partial charge in [-0.1, -0.05) is 11.6 Å². The van der Waals surface area contributed by atoms with E-state index < -0.39 is 0 Å². The van der Waals surface area contributed by atoms with Crippen LogP contribution in [0.25, 0.3) is 0 Å². The molecule has 0 radical (unpaired) electrons. The van der Waals surface area contributed by atoms with Crippen LogP contribution in [0.5, 0.6) is 11.5 Å². The maximum Gasteiger partial charge on any atom is 0.248 e. The number of nitrogens with one attached hydrogen (secondary N) is 2. The highest BCUT2D eigenvalue weighted by atomic mass is 35.5. The van der Waals surface area contributed by atoms with E-state index in [1.54, 1.807) is 42.7 Å². The SMILES string of the molecule is Nc1nc(Nc2cc(Cl)ccc2Oc2cccnc2)n[nH]1. The summed E-state index contributed by atoms with van der Waals surface area (Å²) in [7, 11) is 0. The van der Waals surface area contributed by atoms with Gasteiger partial charge in [-0.2, -0.15) is 4.98 Å². The fraction of sp³-hybridized carbons (Fsp3) is 0. The predicted molar refractivity (Wildman–Crippen MR) is 79.8 cm³/mol. The summed E-state index contributed by atoms with van der Waals surface area (Å²) in [5.41, 5.74) is 6.11. The van der Waals surface area contributed by atoms with Gasteiger partial charge < -0.3 is 15.8 Å². The van der Waals surface area contributed by atoms with Crippen LogP contribution in [0.4, 0.5) is 17.6 Å². The number of ether oxygens (including phenoxy) is 1. The zero-order valence-electron chi connectivity index (χ0n) is 10.7. The van der Waals surface area contributed by atoms with Crippen LogP contribution < -0.4 is 15.8 Å². The summed E-state index contributed by atoms with van der Waals surface area (Å²) in [5.74, 6) is 1.72. The molecule has 8 heteroatoms. The Balaban J connectivity index is 1.89. The second-order valence-corrected chi connectivity index (χ2v) is 4.54. The van der Waals surface area contributed by atoms with Gasteiger partial charge in [-0.05, 0) is 30.3 Å². The molecule has 3 aromatic rings. The first kappa shape index (κ1) is 13.2. The molecule has 1 aromatic carbocycles. The molecule has 4 N–H and O–H groups in total. The van der Waals surface area contributed by atoms with Crippen LogP contribution >= 0.6 is 11.6 Å². The van der Waals surface area contributed by atoms with Gasteiger partial charge in [0.05, 0.1) is 11.9 Å². The highest BCUT2D eigenvalue weighted by Crippen LogP contribution is 2.33. The minimum atomic E-state index is 0.217. The molecule has 0 saturated heterocycles. The van der Waals surface area contributed by atoms with Gasteiger partial charge in [0.2, 0.25) is 11.9 Å². The number of halogens is 1. The van der Waals surface area contributed by atoms with E-state index in [9.17, 15) is 0 Å². The smallest absolute Gasteiger partial charge is 0.248 e. The molecule has 0 amide bonds. The first-order chi connectivity index (χ1) is 10.2. The number of anilines is 3. The van der Waals surface area contributed by atoms with Crippen molar-refractivity contribution in [2.24, 2.45) is 0 Å². The van der Waals surface area contributed by atoms with Gasteiger partial charge in [-0.15, -0.1) is 5.10 Å². The molecule has 0 unspecified atom stereocenters. The Morgan fingerprint density at radius 1 is 1.29 bits per heavy atom. The number of hydrogen-bond acceptors (Lipinski definition) is 6. The third-order valence-corrected chi connectivity index (χ3v) is 2.79. The molecule has 0 atom stereocenters. The largest absolute Gasteiger partial charge is 0.454 e. The molecule has 21 heavy (non-hydrogen) atoms. The van der Waals surface area contributed by atoms with E-state index in [0.717, 1.165) is 0 Å². The normalized spacial score (nSPS) is 10.3. The summed E-state index contributed by atoms with van der Waals surface area (Å²) in [6.45, 7) is 0. The van der Waals surface area contributed by atoms with Gasteiger partial charge >= 0.3 is 0 Å². The van der Waals surface area contributed by atoms with Gasteiger partial charge in [0, 0.05) is 11.2 Å². The Hall–Kier alpha value is -2.80. The first-order valence-electron chi connectivity index (χ1n) is 6.03. The van der Waals surface area contributed by atoms with E-state index in [-0.39, 0.29) is 5.95 Å². The minimum Gasteiger partial charge on any atom is -0.454 e. The number of aromatic amines is 1. The van der Waals surface area contributed by atoms with Crippen LogP contribution in [0.1, 0.15) is 0 Å². The Labute approximate surface area is 125 Å². The van der Waals surface area contributed by atoms with Gasteiger partial charge in [-0.25, -0.2) is 5.10 Å². The number of nitrogens with two attached hydrogens (primary N) is 1. The number of hydrogen-bond donors (Lipinski definition) is 3. The number of rotatable bonds is 4. The summed E-state index contributed by atoms with van der Waals surface area (Å²) in [6, 6.07) is 8.77. The van der Waals surface area contributed by atoms with Crippen LogP contribution in [0.3, 0.4) is 0 Å². The van der Waals surface area contributed by atoms with E-state index in [2.05, 4.69) is 25.5 Å². The van der Waals surface area contributed by atoms with Crippen molar-refractivity contribution in [2.45, 2.75) is 0 Å². The average molecular weight is 303 g/mol. The molecule has 106 valence electrons. The van der Waals surface area contributed by atoms with Crippen molar-refractivity contribution in [3.63, 3.8) is 0 Å². The van der Waals surface area contributed by atoms with Gasteiger partial charge in [0.15, 0.2) is 5.75 Å². The van der Waals surface area contributed by atoms with E-state index >= 15 is 0 Å². The van der Waals surface area contributed by atoms with Crippen molar-refractivity contribution in [1.29, 1.82) is 0 Å². The van der Waals surface area contributed by atoms with Crippen molar-refractivity contribution in [2.75, 3.05) is 11.1 Å². The molecule has 0 aliphatic carbocycles. The molecule has 0 fully saturated rings. The molecule has 0 aliphatic heterocycles. The topological polar surface area (TPSA) is 102 Å². The van der Waals surface area contributed by atoms with Crippen molar-refractivity contribution in [3.05, 3.63) is 47.7 Å². The minimum absolute atomic E-state index is 0.217. The molecule has 2 aromatic heterocycles. The standard InChI is InChI=1S/C13H11ClN6O/c14-8-3-4-11(21-9-2-1-5-16-7-9)10(6-8)17-13-18-12(15)19-20-13/h1-7H,(H4,15,17,18,19,20). The van der Waals surface area contributed by atoms with Crippen LogP contribution in [-0.4, -0.2) is 20.2 Å². The predicted octanol–water partition coefficient (Wildman–Crippen LogP) is 2.97. The van der Waals surface area contributed by atoms with Gasteiger partial charge in [-0.3, -0.25) is 4.98 Å². The molecule has 0 saturated carbocycles. The summed E-state index contributed by atoms with van der Waals surface area (Å²) in [6.07, 6.45) is 3.29. The lowest BCUT2D eigenvalue weighted by Crippen LogP contribution is -1.96. The second kappa shape index (κ2) is 5.68. The first-order valence-corrected chi connectivity index (χ1v) is 6.41. The number of nitrogen functional groups attached to an aromatic ring is 1. The molecule has 7 nitrogen and oxygen atoms in total. The van der Waals surface area contributed by atoms with Crippen LogP contribution in [0.15, 0.2) is 42.7 Å². The van der Waals surface area contributed by atoms with Crippen LogP contribution in [0, 0.1) is 0 Å². The lowest BCUT2D eigenvalue weighted by atomic mass is 10.3. The number of aromatic nitrogens is 4. The van der Waals surface area contributed by atoms with E-state index in [0.29, 0.717) is 28.2 Å². The maximum atomic E-state index is 6.01. The Bertz CT molecular complexity index is 745. The van der Waals surface area contributed by atoms with Crippen molar-refractivity contribution >= 4 is 29.2 Å².